The zero-order valence-corrected chi connectivity index (χ0v) is 16.3. The summed E-state index contributed by atoms with van der Waals surface area (Å²) in [5.74, 6) is 10.1. The average molecular weight is 365 g/mol. The van der Waals surface area contributed by atoms with E-state index < -0.39 is 0 Å². The lowest BCUT2D eigenvalue weighted by molar-refractivity contribution is -0.00278. The van der Waals surface area contributed by atoms with E-state index in [4.69, 9.17) is 11.2 Å². The van der Waals surface area contributed by atoms with Gasteiger partial charge in [-0.2, -0.15) is 0 Å². The summed E-state index contributed by atoms with van der Waals surface area (Å²) in [6.07, 6.45) is 12.7. The molecule has 0 spiro atoms. The molecule has 0 aromatic carbocycles. The fraction of sp³-hybridized carbons (Fsp3) is 0.545. The Kier molecular flexibility index (Phi) is 6.04. The molecule has 0 aliphatic carbocycles. The Balaban J connectivity index is 1.95. The number of terminal acetylenes is 1. The molecule has 5 nitrogen and oxygen atoms in total. The monoisotopic (exact) mass is 365 g/mol. The van der Waals surface area contributed by atoms with Crippen molar-refractivity contribution < 1.29 is 4.74 Å². The van der Waals surface area contributed by atoms with E-state index in [1.54, 1.807) is 6.92 Å². The maximum absolute atomic E-state index is 12.6. The summed E-state index contributed by atoms with van der Waals surface area (Å²) >= 11 is 0. The molecule has 1 unspecified atom stereocenters. The molecule has 1 aliphatic heterocycles. The van der Waals surface area contributed by atoms with Gasteiger partial charge in [-0.15, -0.1) is 12.3 Å². The number of fused-ring (bicyclic) bond motifs is 1. The second kappa shape index (κ2) is 8.46. The number of nitrogens with zero attached hydrogens (tertiary/aromatic N) is 2. The average Bonchev–Trinajstić information content (AvgIpc) is 3.18. The lowest BCUT2D eigenvalue weighted by atomic mass is 10.0. The van der Waals surface area contributed by atoms with Gasteiger partial charge in [0.25, 0.3) is 5.56 Å². The van der Waals surface area contributed by atoms with Crippen molar-refractivity contribution in [3.05, 3.63) is 27.9 Å². The van der Waals surface area contributed by atoms with Gasteiger partial charge in [0.1, 0.15) is 12.1 Å². The summed E-state index contributed by atoms with van der Waals surface area (Å²) in [5, 5.41) is 0.549. The largest absolute Gasteiger partial charge is 0.354 e. The highest BCUT2D eigenvalue weighted by Gasteiger charge is 2.33. The molecule has 0 bridgehead atoms. The van der Waals surface area contributed by atoms with E-state index in [0.29, 0.717) is 28.3 Å². The third kappa shape index (κ3) is 4.10. The normalized spacial score (nSPS) is 21.8. The first-order valence-corrected chi connectivity index (χ1v) is 9.74. The minimum Gasteiger partial charge on any atom is -0.354 e. The van der Waals surface area contributed by atoms with Gasteiger partial charge in [0.05, 0.1) is 17.1 Å². The van der Waals surface area contributed by atoms with Crippen LogP contribution in [0.3, 0.4) is 0 Å². The molecule has 3 heterocycles. The Hall–Kier alpha value is -2.50. The topological polar surface area (TPSA) is 59.9 Å². The van der Waals surface area contributed by atoms with E-state index in [0.717, 1.165) is 38.5 Å². The van der Waals surface area contributed by atoms with Crippen LogP contribution in [0.1, 0.15) is 70.0 Å². The van der Waals surface area contributed by atoms with Crippen molar-refractivity contribution in [1.29, 1.82) is 0 Å². The molecular weight excluding hydrogens is 338 g/mol. The fourth-order valence-corrected chi connectivity index (χ4v) is 3.72. The Bertz CT molecular complexity index is 968. The molecule has 1 N–H and O–H groups in total. The standard InChI is InChI=1S/C22H27N3O2/c1-5-7-8-9-10-11-12-17-14-25(19-13-15(3)18(6-2)27-19)21-20(17)22(26)24-16(4)23-21/h1,14-15,18-19H,6-10,13H2,2-4H3,(H,23,24,26)/t15?,18-,19-/m1/s1. The summed E-state index contributed by atoms with van der Waals surface area (Å²) < 4.78 is 8.22. The van der Waals surface area contributed by atoms with Crippen LogP contribution in [0.4, 0.5) is 0 Å². The number of aromatic nitrogens is 3. The van der Waals surface area contributed by atoms with Crippen molar-refractivity contribution >= 4 is 11.0 Å². The molecule has 0 saturated carbocycles. The number of hydrogen-bond donors (Lipinski definition) is 1. The van der Waals surface area contributed by atoms with E-state index >= 15 is 0 Å². The smallest absolute Gasteiger partial charge is 0.261 e. The van der Waals surface area contributed by atoms with Gasteiger partial charge >= 0.3 is 0 Å². The molecule has 1 fully saturated rings. The maximum atomic E-state index is 12.6. The van der Waals surface area contributed by atoms with E-state index in [1.807, 2.05) is 10.8 Å². The van der Waals surface area contributed by atoms with Crippen LogP contribution in [0.15, 0.2) is 11.0 Å². The minimum absolute atomic E-state index is 0.104. The number of aryl methyl sites for hydroxylation is 1. The van der Waals surface area contributed by atoms with Crippen molar-refractivity contribution in [2.45, 2.75) is 71.6 Å². The predicted molar refractivity (Wildman–Crippen MR) is 107 cm³/mol. The fourth-order valence-electron chi connectivity index (χ4n) is 3.72. The van der Waals surface area contributed by atoms with Crippen LogP contribution in [-0.2, 0) is 4.74 Å². The Morgan fingerprint density at radius 2 is 2.19 bits per heavy atom. The molecular formula is C22H27N3O2. The molecule has 2 aromatic rings. The van der Waals surface area contributed by atoms with Gasteiger partial charge in [-0.25, -0.2) is 4.98 Å². The van der Waals surface area contributed by atoms with Gasteiger partial charge in [-0.05, 0) is 38.5 Å². The number of aromatic amines is 1. The summed E-state index contributed by atoms with van der Waals surface area (Å²) in [5.41, 5.74) is 1.22. The highest BCUT2D eigenvalue weighted by atomic mass is 16.5. The van der Waals surface area contributed by atoms with E-state index in [9.17, 15) is 4.79 Å². The van der Waals surface area contributed by atoms with Crippen LogP contribution in [0, 0.1) is 37.0 Å². The summed E-state index contributed by atoms with van der Waals surface area (Å²) in [7, 11) is 0. The Morgan fingerprint density at radius 3 is 2.89 bits per heavy atom. The lowest BCUT2D eigenvalue weighted by Gasteiger charge is -2.15. The molecule has 5 heteroatoms. The summed E-state index contributed by atoms with van der Waals surface area (Å²) in [6, 6.07) is 0. The van der Waals surface area contributed by atoms with Gasteiger partial charge in [0, 0.05) is 19.0 Å². The summed E-state index contributed by atoms with van der Waals surface area (Å²) in [4.78, 5) is 19.9. The SMILES string of the molecule is C#CCCCCC#Cc1cn([C@H]2CC(C)[C@@H](CC)O2)c2nc(C)[nH]c(=O)c12. The highest BCUT2D eigenvalue weighted by Crippen LogP contribution is 2.36. The molecule has 1 saturated heterocycles. The first-order chi connectivity index (χ1) is 13.0. The van der Waals surface area contributed by atoms with Crippen LogP contribution >= 0.6 is 0 Å². The number of rotatable bonds is 5. The number of unbranched alkanes of at least 4 members (excludes halogenated alkanes) is 3. The van der Waals surface area contributed by atoms with Crippen molar-refractivity contribution in [2.75, 3.05) is 0 Å². The molecule has 0 radical (unpaired) electrons. The number of ether oxygens (including phenoxy) is 1. The van der Waals surface area contributed by atoms with Crippen LogP contribution in [0.5, 0.6) is 0 Å². The zero-order valence-electron chi connectivity index (χ0n) is 16.3. The first-order valence-electron chi connectivity index (χ1n) is 9.74. The quantitative estimate of drug-likeness (QED) is 0.645. The van der Waals surface area contributed by atoms with Crippen molar-refractivity contribution in [3.63, 3.8) is 0 Å². The molecule has 0 amide bonds. The van der Waals surface area contributed by atoms with E-state index in [1.165, 1.54) is 0 Å². The van der Waals surface area contributed by atoms with Crippen molar-refractivity contribution in [2.24, 2.45) is 5.92 Å². The van der Waals surface area contributed by atoms with Gasteiger partial charge < -0.3 is 14.3 Å². The maximum Gasteiger partial charge on any atom is 0.261 e. The number of nitrogens with one attached hydrogen (secondary N) is 1. The summed E-state index contributed by atoms with van der Waals surface area (Å²) in [6.45, 7) is 6.14. The van der Waals surface area contributed by atoms with Crippen molar-refractivity contribution in [3.8, 4) is 24.2 Å². The molecule has 2 aromatic heterocycles. The van der Waals surface area contributed by atoms with Gasteiger partial charge in [0.2, 0.25) is 0 Å². The third-order valence-corrected chi connectivity index (χ3v) is 5.15. The minimum atomic E-state index is -0.147. The number of hydrogen-bond acceptors (Lipinski definition) is 3. The molecule has 142 valence electrons. The molecule has 27 heavy (non-hydrogen) atoms. The van der Waals surface area contributed by atoms with E-state index in [-0.39, 0.29) is 17.9 Å². The van der Waals surface area contributed by atoms with E-state index in [2.05, 4.69) is 41.6 Å². The third-order valence-electron chi connectivity index (χ3n) is 5.15. The van der Waals surface area contributed by atoms with Crippen LogP contribution in [0.25, 0.3) is 11.0 Å². The zero-order chi connectivity index (χ0) is 19.4. The highest BCUT2D eigenvalue weighted by molar-refractivity contribution is 5.83. The number of H-pyrrole nitrogens is 1. The van der Waals surface area contributed by atoms with Crippen LogP contribution in [-0.4, -0.2) is 20.6 Å². The Morgan fingerprint density at radius 1 is 1.41 bits per heavy atom. The molecule has 3 atom stereocenters. The van der Waals surface area contributed by atoms with Gasteiger partial charge in [0.15, 0.2) is 5.65 Å². The van der Waals surface area contributed by atoms with Gasteiger partial charge in [-0.1, -0.05) is 25.7 Å². The van der Waals surface area contributed by atoms with Gasteiger partial charge in [-0.3, -0.25) is 4.79 Å². The second-order valence-electron chi connectivity index (χ2n) is 7.26. The second-order valence-corrected chi connectivity index (χ2v) is 7.26. The van der Waals surface area contributed by atoms with Crippen molar-refractivity contribution in [1.82, 2.24) is 14.5 Å². The first kappa shape index (κ1) is 19.3. The Labute approximate surface area is 160 Å². The van der Waals surface area contributed by atoms with Crippen LogP contribution in [0.2, 0.25) is 0 Å². The lowest BCUT2D eigenvalue weighted by Crippen LogP contribution is -2.14. The molecule has 1 aliphatic rings. The van der Waals surface area contributed by atoms with Crippen LogP contribution < -0.4 is 5.56 Å². The predicted octanol–water partition coefficient (Wildman–Crippen LogP) is 3.91. The molecule has 3 rings (SSSR count).